The largest absolute Gasteiger partial charge is 0.387 e. The average molecular weight is 311 g/mol. The fraction of sp³-hybridized carbons (Fsp3) is 0.900. The summed E-state index contributed by atoms with van der Waals surface area (Å²) in [6.07, 6.45) is 1.99. The van der Waals surface area contributed by atoms with Gasteiger partial charge in [-0.3, -0.25) is 5.41 Å². The fourth-order valence-electron chi connectivity index (χ4n) is 1.91. The van der Waals surface area contributed by atoms with E-state index in [4.69, 9.17) is 11.1 Å². The van der Waals surface area contributed by atoms with Crippen molar-refractivity contribution >= 4 is 25.7 Å². The van der Waals surface area contributed by atoms with Gasteiger partial charge in [0.2, 0.25) is 10.0 Å². The summed E-state index contributed by atoms with van der Waals surface area (Å²) >= 11 is 0. The van der Waals surface area contributed by atoms with Crippen molar-refractivity contribution in [2.24, 2.45) is 11.1 Å². The van der Waals surface area contributed by atoms with Gasteiger partial charge in [-0.05, 0) is 12.8 Å². The maximum absolute atomic E-state index is 12.0. The topological polar surface area (TPSA) is 121 Å². The second-order valence-electron chi connectivity index (χ2n) is 5.32. The molecule has 0 amide bonds. The molecule has 1 heterocycles. The van der Waals surface area contributed by atoms with Crippen molar-refractivity contribution in [3.05, 3.63) is 0 Å². The van der Waals surface area contributed by atoms with Crippen LogP contribution in [0.4, 0.5) is 0 Å². The normalized spacial score (nSPS) is 21.2. The molecule has 0 saturated carbocycles. The minimum atomic E-state index is -3.55. The zero-order valence-electron chi connectivity index (χ0n) is 11.2. The predicted molar refractivity (Wildman–Crippen MR) is 74.3 cm³/mol. The molecule has 9 heteroatoms. The van der Waals surface area contributed by atoms with Crippen LogP contribution in [0.25, 0.3) is 0 Å². The third-order valence-corrected chi connectivity index (χ3v) is 6.66. The summed E-state index contributed by atoms with van der Waals surface area (Å²) in [4.78, 5) is 0. The molecular formula is C10H21N3O4S2. The molecule has 0 aromatic carbocycles. The van der Waals surface area contributed by atoms with Crippen molar-refractivity contribution < 1.29 is 16.8 Å². The summed E-state index contributed by atoms with van der Waals surface area (Å²) < 4.78 is 47.3. The second-order valence-corrected chi connectivity index (χ2v) is 9.67. The molecule has 0 unspecified atom stereocenters. The lowest BCUT2D eigenvalue weighted by atomic mass is 9.80. The van der Waals surface area contributed by atoms with E-state index in [-0.39, 0.29) is 30.4 Å². The third-order valence-electron chi connectivity index (χ3n) is 3.58. The molecule has 0 aromatic rings. The first-order valence-corrected chi connectivity index (χ1v) is 9.63. The molecule has 0 atom stereocenters. The van der Waals surface area contributed by atoms with Gasteiger partial charge in [0.25, 0.3) is 0 Å². The summed E-state index contributed by atoms with van der Waals surface area (Å²) in [6.45, 7) is 2.40. The van der Waals surface area contributed by atoms with E-state index in [1.807, 2.05) is 6.92 Å². The Balaban J connectivity index is 2.67. The van der Waals surface area contributed by atoms with Crippen molar-refractivity contribution in [2.75, 3.05) is 30.9 Å². The Kier molecular flexibility index (Phi) is 4.63. The number of amidine groups is 1. The van der Waals surface area contributed by atoms with Crippen LogP contribution in [0.3, 0.4) is 0 Å². The molecule has 0 bridgehead atoms. The zero-order chi connectivity index (χ0) is 14.9. The fourth-order valence-corrected chi connectivity index (χ4v) is 4.96. The SMILES string of the molecule is CC1(C(=N)N)CCN(S(=O)(=O)CCS(C)(=O)=O)CC1. The minimum Gasteiger partial charge on any atom is -0.387 e. The van der Waals surface area contributed by atoms with Crippen LogP contribution in [0.1, 0.15) is 19.8 Å². The van der Waals surface area contributed by atoms with Crippen LogP contribution in [0, 0.1) is 10.8 Å². The highest BCUT2D eigenvalue weighted by Crippen LogP contribution is 2.31. The maximum atomic E-state index is 12.0. The molecule has 1 fully saturated rings. The number of piperidine rings is 1. The number of nitrogens with one attached hydrogen (secondary N) is 1. The van der Waals surface area contributed by atoms with E-state index in [1.165, 1.54) is 4.31 Å². The Morgan fingerprint density at radius 3 is 2.05 bits per heavy atom. The van der Waals surface area contributed by atoms with Gasteiger partial charge in [-0.15, -0.1) is 0 Å². The highest BCUT2D eigenvalue weighted by Gasteiger charge is 2.36. The van der Waals surface area contributed by atoms with Crippen LogP contribution >= 0.6 is 0 Å². The monoisotopic (exact) mass is 311 g/mol. The van der Waals surface area contributed by atoms with Crippen LogP contribution in [0.15, 0.2) is 0 Å². The lowest BCUT2D eigenvalue weighted by Crippen LogP contribution is -2.48. The molecule has 0 aliphatic carbocycles. The first-order valence-electron chi connectivity index (χ1n) is 5.96. The molecule has 1 aliphatic heterocycles. The third kappa shape index (κ3) is 4.43. The smallest absolute Gasteiger partial charge is 0.215 e. The van der Waals surface area contributed by atoms with Crippen LogP contribution in [-0.2, 0) is 19.9 Å². The number of nitrogens with zero attached hydrogens (tertiary/aromatic N) is 1. The molecule has 7 nitrogen and oxygen atoms in total. The predicted octanol–water partition coefficient (Wildman–Crippen LogP) is -0.601. The van der Waals surface area contributed by atoms with Crippen molar-refractivity contribution in [2.45, 2.75) is 19.8 Å². The summed E-state index contributed by atoms with van der Waals surface area (Å²) in [5.74, 6) is -0.681. The molecular weight excluding hydrogens is 290 g/mol. The molecule has 0 spiro atoms. The van der Waals surface area contributed by atoms with Gasteiger partial charge in [-0.2, -0.15) is 0 Å². The highest BCUT2D eigenvalue weighted by molar-refractivity contribution is 7.93. The maximum Gasteiger partial charge on any atom is 0.215 e. The van der Waals surface area contributed by atoms with Crippen LogP contribution in [0.2, 0.25) is 0 Å². The van der Waals surface area contributed by atoms with Crippen molar-refractivity contribution in [1.29, 1.82) is 5.41 Å². The van der Waals surface area contributed by atoms with Gasteiger partial charge >= 0.3 is 0 Å². The van der Waals surface area contributed by atoms with Crippen LogP contribution in [0.5, 0.6) is 0 Å². The van der Waals surface area contributed by atoms with Gasteiger partial charge < -0.3 is 5.73 Å². The summed E-state index contributed by atoms with van der Waals surface area (Å²) in [6, 6.07) is 0. The van der Waals surface area contributed by atoms with Gasteiger partial charge in [-0.25, -0.2) is 21.1 Å². The quantitative estimate of drug-likeness (QED) is 0.518. The summed E-state index contributed by atoms with van der Waals surface area (Å²) in [5.41, 5.74) is 5.05. The van der Waals surface area contributed by atoms with Crippen LogP contribution < -0.4 is 5.73 Å². The zero-order valence-corrected chi connectivity index (χ0v) is 12.8. The second kappa shape index (κ2) is 5.37. The first-order chi connectivity index (χ1) is 8.46. The number of sulfone groups is 1. The van der Waals surface area contributed by atoms with Crippen molar-refractivity contribution in [3.63, 3.8) is 0 Å². The van der Waals surface area contributed by atoms with E-state index in [1.54, 1.807) is 0 Å². The highest BCUT2D eigenvalue weighted by atomic mass is 32.2. The lowest BCUT2D eigenvalue weighted by Gasteiger charge is -2.37. The molecule has 1 aliphatic rings. The number of hydrogen-bond acceptors (Lipinski definition) is 5. The first kappa shape index (κ1) is 16.4. The molecule has 19 heavy (non-hydrogen) atoms. The van der Waals surface area contributed by atoms with Gasteiger partial charge in [0, 0.05) is 24.8 Å². The number of sulfonamides is 1. The molecule has 3 N–H and O–H groups in total. The Labute approximate surface area is 114 Å². The number of rotatable bonds is 5. The van der Waals surface area contributed by atoms with Crippen LogP contribution in [-0.4, -0.2) is 57.8 Å². The van der Waals surface area contributed by atoms with Gasteiger partial charge in [0.1, 0.15) is 9.84 Å². The van der Waals surface area contributed by atoms with Gasteiger partial charge in [0.15, 0.2) is 0 Å². The Morgan fingerprint density at radius 2 is 1.68 bits per heavy atom. The number of hydrogen-bond donors (Lipinski definition) is 2. The van der Waals surface area contributed by atoms with E-state index in [0.29, 0.717) is 12.8 Å². The van der Waals surface area contributed by atoms with E-state index in [2.05, 4.69) is 0 Å². The van der Waals surface area contributed by atoms with Gasteiger partial charge in [0.05, 0.1) is 17.3 Å². The summed E-state index contributed by atoms with van der Waals surface area (Å²) in [5, 5.41) is 7.50. The molecule has 112 valence electrons. The number of nitrogens with two attached hydrogens (primary N) is 1. The average Bonchev–Trinajstić information content (AvgIpc) is 2.26. The molecule has 1 saturated heterocycles. The molecule has 0 aromatic heterocycles. The van der Waals surface area contributed by atoms with E-state index in [9.17, 15) is 16.8 Å². The Morgan fingerprint density at radius 1 is 1.21 bits per heavy atom. The standard InChI is InChI=1S/C10H21N3O4S2/c1-10(9(11)12)3-5-13(6-4-10)19(16,17)8-7-18(2,14)15/h3-8H2,1-2H3,(H3,11,12). The molecule has 1 rings (SSSR count). The minimum absolute atomic E-state index is 0.0701. The van der Waals surface area contributed by atoms with Gasteiger partial charge in [-0.1, -0.05) is 6.92 Å². The van der Waals surface area contributed by atoms with Crippen molar-refractivity contribution in [1.82, 2.24) is 4.31 Å². The van der Waals surface area contributed by atoms with E-state index < -0.39 is 25.3 Å². The van der Waals surface area contributed by atoms with E-state index in [0.717, 1.165) is 6.26 Å². The van der Waals surface area contributed by atoms with Crippen molar-refractivity contribution in [3.8, 4) is 0 Å². The Bertz CT molecular complexity index is 545. The summed E-state index contributed by atoms with van der Waals surface area (Å²) in [7, 11) is -6.84. The molecule has 0 radical (unpaired) electrons. The Hall–Kier alpha value is -0.670. The van der Waals surface area contributed by atoms with E-state index >= 15 is 0 Å². The lowest BCUT2D eigenvalue weighted by molar-refractivity contribution is 0.241.